The molecule has 0 aliphatic carbocycles. The van der Waals surface area contributed by atoms with Gasteiger partial charge in [0.05, 0.1) is 28.6 Å². The first-order chi connectivity index (χ1) is 14.1. The number of thioether (sulfide) groups is 1. The molecule has 0 N–H and O–H groups in total. The van der Waals surface area contributed by atoms with Crippen LogP contribution in [0.3, 0.4) is 0 Å². The third-order valence-electron chi connectivity index (χ3n) is 4.97. The number of ether oxygens (including phenoxy) is 1. The molecule has 1 amide bonds. The van der Waals surface area contributed by atoms with E-state index in [9.17, 15) is 9.18 Å². The van der Waals surface area contributed by atoms with Gasteiger partial charge in [-0.1, -0.05) is 24.3 Å². The van der Waals surface area contributed by atoms with Crippen molar-refractivity contribution < 1.29 is 13.9 Å². The predicted molar refractivity (Wildman–Crippen MR) is 117 cm³/mol. The zero-order valence-electron chi connectivity index (χ0n) is 16.3. The number of carbonyl (C=O) groups excluding carboxylic acids is 1. The number of amides is 1. The lowest BCUT2D eigenvalue weighted by Crippen LogP contribution is -2.38. The predicted octanol–water partition coefficient (Wildman–Crippen LogP) is 5.30. The fourth-order valence-electron chi connectivity index (χ4n) is 3.32. The van der Waals surface area contributed by atoms with Gasteiger partial charge in [0, 0.05) is 11.5 Å². The molecule has 2 heterocycles. The molecule has 1 atom stereocenters. The minimum absolute atomic E-state index is 0.00963. The van der Waals surface area contributed by atoms with Crippen molar-refractivity contribution in [2.24, 2.45) is 0 Å². The summed E-state index contributed by atoms with van der Waals surface area (Å²) in [5, 5.41) is 0.716. The Bertz CT molecular complexity index is 984. The van der Waals surface area contributed by atoms with Crippen LogP contribution in [0.4, 0.5) is 9.52 Å². The maximum absolute atomic E-state index is 13.1. The van der Waals surface area contributed by atoms with Crippen molar-refractivity contribution in [2.75, 3.05) is 23.8 Å². The van der Waals surface area contributed by atoms with Crippen molar-refractivity contribution in [3.05, 3.63) is 53.8 Å². The first-order valence-electron chi connectivity index (χ1n) is 9.82. The van der Waals surface area contributed by atoms with Crippen LogP contribution in [0.2, 0.25) is 0 Å². The van der Waals surface area contributed by atoms with E-state index in [-0.39, 0.29) is 23.6 Å². The molecule has 0 saturated carbocycles. The lowest BCUT2D eigenvalue weighted by atomic mass is 10.2. The Labute approximate surface area is 178 Å². The van der Waals surface area contributed by atoms with E-state index in [1.807, 2.05) is 6.07 Å². The standard InChI is InChI=1S/C22H23FN2O2S2/c1-2-15-5-10-19-20(12-15)29-22(24-19)25(13-17-4-3-11-27-17)21(26)14-28-18-8-6-16(23)7-9-18/h5-10,12,17H,2-4,11,13-14H2,1H3. The molecule has 1 saturated heterocycles. The molecule has 1 unspecified atom stereocenters. The number of fused-ring (bicyclic) bond motifs is 1. The second-order valence-electron chi connectivity index (χ2n) is 7.03. The number of aromatic nitrogens is 1. The summed E-state index contributed by atoms with van der Waals surface area (Å²) in [5.74, 6) is -0.0136. The number of anilines is 1. The first kappa shape index (κ1) is 20.3. The number of carbonyl (C=O) groups is 1. The van der Waals surface area contributed by atoms with Gasteiger partial charge < -0.3 is 4.74 Å². The van der Waals surface area contributed by atoms with Crippen molar-refractivity contribution in [3.63, 3.8) is 0 Å². The smallest absolute Gasteiger partial charge is 0.239 e. The molecule has 29 heavy (non-hydrogen) atoms. The maximum atomic E-state index is 13.1. The van der Waals surface area contributed by atoms with Crippen molar-refractivity contribution in [1.29, 1.82) is 0 Å². The Hall–Kier alpha value is -1.96. The second-order valence-corrected chi connectivity index (χ2v) is 9.09. The summed E-state index contributed by atoms with van der Waals surface area (Å²) in [6.45, 7) is 3.39. The molecule has 0 spiro atoms. The quantitative estimate of drug-likeness (QED) is 0.477. The largest absolute Gasteiger partial charge is 0.376 e. The van der Waals surface area contributed by atoms with E-state index in [0.717, 1.165) is 41.0 Å². The second kappa shape index (κ2) is 9.24. The van der Waals surface area contributed by atoms with Crippen LogP contribution in [0.1, 0.15) is 25.3 Å². The zero-order chi connectivity index (χ0) is 20.2. The fraction of sp³-hybridized carbons (Fsp3) is 0.364. The van der Waals surface area contributed by atoms with Gasteiger partial charge in [0.1, 0.15) is 5.82 Å². The fourth-order valence-corrected chi connectivity index (χ4v) is 5.15. The number of benzene rings is 2. The van der Waals surface area contributed by atoms with Gasteiger partial charge in [-0.25, -0.2) is 9.37 Å². The van der Waals surface area contributed by atoms with E-state index in [0.29, 0.717) is 11.7 Å². The van der Waals surface area contributed by atoms with Gasteiger partial charge in [-0.15, -0.1) is 11.8 Å². The number of hydrogen-bond donors (Lipinski definition) is 0. The van der Waals surface area contributed by atoms with Gasteiger partial charge in [-0.2, -0.15) is 0 Å². The van der Waals surface area contributed by atoms with Gasteiger partial charge in [0.15, 0.2) is 5.13 Å². The van der Waals surface area contributed by atoms with Gasteiger partial charge in [-0.3, -0.25) is 9.69 Å². The molecule has 0 bridgehead atoms. The lowest BCUT2D eigenvalue weighted by Gasteiger charge is -2.23. The van der Waals surface area contributed by atoms with E-state index in [1.54, 1.807) is 28.4 Å². The molecule has 1 aliphatic heterocycles. The summed E-state index contributed by atoms with van der Waals surface area (Å²) in [6, 6.07) is 12.5. The van der Waals surface area contributed by atoms with Crippen molar-refractivity contribution >= 4 is 44.4 Å². The minimum Gasteiger partial charge on any atom is -0.376 e. The van der Waals surface area contributed by atoms with Gasteiger partial charge in [0.2, 0.25) is 5.91 Å². The molecule has 7 heteroatoms. The summed E-state index contributed by atoms with van der Waals surface area (Å²) in [7, 11) is 0. The van der Waals surface area contributed by atoms with Gasteiger partial charge >= 0.3 is 0 Å². The molecule has 1 aliphatic rings. The number of halogens is 1. The summed E-state index contributed by atoms with van der Waals surface area (Å²) < 4.78 is 20.0. The Kier molecular flexibility index (Phi) is 6.47. The Morgan fingerprint density at radius 3 is 2.86 bits per heavy atom. The highest BCUT2D eigenvalue weighted by Gasteiger charge is 2.26. The molecule has 2 aromatic carbocycles. The molecule has 3 aromatic rings. The van der Waals surface area contributed by atoms with E-state index in [4.69, 9.17) is 9.72 Å². The Morgan fingerprint density at radius 2 is 2.14 bits per heavy atom. The first-order valence-corrected chi connectivity index (χ1v) is 11.6. The summed E-state index contributed by atoms with van der Waals surface area (Å²) >= 11 is 2.96. The van der Waals surface area contributed by atoms with E-state index in [2.05, 4.69) is 19.1 Å². The van der Waals surface area contributed by atoms with Crippen LogP contribution in [0, 0.1) is 5.82 Å². The highest BCUT2D eigenvalue weighted by Crippen LogP contribution is 2.31. The number of hydrogen-bond acceptors (Lipinski definition) is 5. The molecular formula is C22H23FN2O2S2. The third kappa shape index (κ3) is 4.97. The summed E-state index contributed by atoms with van der Waals surface area (Å²) in [5.41, 5.74) is 2.18. The van der Waals surface area contributed by atoms with Crippen molar-refractivity contribution in [3.8, 4) is 0 Å². The molecule has 1 aromatic heterocycles. The van der Waals surface area contributed by atoms with Gasteiger partial charge in [0.25, 0.3) is 0 Å². The van der Waals surface area contributed by atoms with E-state index >= 15 is 0 Å². The van der Waals surface area contributed by atoms with Crippen LogP contribution in [-0.2, 0) is 16.0 Å². The number of aryl methyl sites for hydroxylation is 1. The van der Waals surface area contributed by atoms with Crippen LogP contribution in [-0.4, -0.2) is 35.9 Å². The molecular weight excluding hydrogens is 407 g/mol. The molecule has 0 radical (unpaired) electrons. The number of nitrogens with zero attached hydrogens (tertiary/aromatic N) is 2. The Balaban J connectivity index is 1.55. The van der Waals surface area contributed by atoms with Crippen molar-refractivity contribution in [1.82, 2.24) is 4.98 Å². The van der Waals surface area contributed by atoms with Crippen LogP contribution in [0.25, 0.3) is 10.2 Å². The lowest BCUT2D eigenvalue weighted by molar-refractivity contribution is -0.116. The average Bonchev–Trinajstić information content (AvgIpc) is 3.40. The normalized spacial score (nSPS) is 16.4. The maximum Gasteiger partial charge on any atom is 0.239 e. The number of rotatable bonds is 7. The Morgan fingerprint density at radius 1 is 1.31 bits per heavy atom. The summed E-state index contributed by atoms with van der Waals surface area (Å²) in [4.78, 5) is 20.5. The topological polar surface area (TPSA) is 42.4 Å². The van der Waals surface area contributed by atoms with Crippen molar-refractivity contribution in [2.45, 2.75) is 37.2 Å². The average molecular weight is 431 g/mol. The SMILES string of the molecule is CCc1ccc2nc(N(CC3CCCO3)C(=O)CSc3ccc(F)cc3)sc2c1. The zero-order valence-corrected chi connectivity index (χ0v) is 17.9. The molecule has 4 rings (SSSR count). The highest BCUT2D eigenvalue weighted by atomic mass is 32.2. The molecule has 152 valence electrons. The molecule has 1 fully saturated rings. The van der Waals surface area contributed by atoms with Gasteiger partial charge in [-0.05, 0) is 61.2 Å². The van der Waals surface area contributed by atoms with E-state index < -0.39 is 0 Å². The van der Waals surface area contributed by atoms with E-state index in [1.165, 1.54) is 29.5 Å². The molecule has 4 nitrogen and oxygen atoms in total. The monoisotopic (exact) mass is 430 g/mol. The van der Waals surface area contributed by atoms with Crippen LogP contribution in [0.15, 0.2) is 47.4 Å². The van der Waals surface area contributed by atoms with Crippen LogP contribution in [0.5, 0.6) is 0 Å². The minimum atomic E-state index is -0.276. The van der Waals surface area contributed by atoms with Crippen LogP contribution >= 0.6 is 23.1 Å². The summed E-state index contributed by atoms with van der Waals surface area (Å²) in [6.07, 6.45) is 3.00. The highest BCUT2D eigenvalue weighted by molar-refractivity contribution is 8.00. The number of thiazole rings is 1. The van der Waals surface area contributed by atoms with Crippen LogP contribution < -0.4 is 4.90 Å². The third-order valence-corrected chi connectivity index (χ3v) is 7.01.